The van der Waals surface area contributed by atoms with Crippen LogP contribution in [0, 0.1) is 12.8 Å². The molecule has 2 aromatic rings. The summed E-state index contributed by atoms with van der Waals surface area (Å²) >= 11 is 0. The highest BCUT2D eigenvalue weighted by atomic mass is 16.5. The van der Waals surface area contributed by atoms with Gasteiger partial charge in [-0.1, -0.05) is 35.0 Å². The minimum absolute atomic E-state index is 0.185. The maximum atomic E-state index is 12.7. The van der Waals surface area contributed by atoms with Gasteiger partial charge in [-0.05, 0) is 52.1 Å². The van der Waals surface area contributed by atoms with Crippen LogP contribution < -0.4 is 0 Å². The van der Waals surface area contributed by atoms with E-state index in [-0.39, 0.29) is 5.92 Å². The molecule has 0 unspecified atom stereocenters. The van der Waals surface area contributed by atoms with Gasteiger partial charge in [0, 0.05) is 24.6 Å². The molecule has 1 aromatic heterocycles. The molecule has 0 radical (unpaired) electrons. The Kier molecular flexibility index (Phi) is 5.53. The molecule has 2 fully saturated rings. The Hall–Kier alpha value is -2.21. The molecule has 0 aliphatic carbocycles. The summed E-state index contributed by atoms with van der Waals surface area (Å²) in [4.78, 5) is 21.6. The van der Waals surface area contributed by atoms with Crippen LogP contribution in [0.1, 0.15) is 43.6 Å². The van der Waals surface area contributed by atoms with Gasteiger partial charge in [-0.2, -0.15) is 4.98 Å². The molecule has 6 heteroatoms. The van der Waals surface area contributed by atoms with Crippen LogP contribution in [0.5, 0.6) is 0 Å². The lowest BCUT2D eigenvalue weighted by molar-refractivity contribution is -0.138. The van der Waals surface area contributed by atoms with E-state index in [1.54, 1.807) is 0 Å². The van der Waals surface area contributed by atoms with Gasteiger partial charge in [0.15, 0.2) is 0 Å². The number of benzene rings is 1. The molecule has 4 rings (SSSR count). The molecule has 0 N–H and O–H groups in total. The molecule has 144 valence electrons. The zero-order valence-corrected chi connectivity index (χ0v) is 16.1. The summed E-state index contributed by atoms with van der Waals surface area (Å²) < 4.78 is 5.44. The van der Waals surface area contributed by atoms with Gasteiger partial charge in [-0.3, -0.25) is 9.69 Å². The third-order valence-electron chi connectivity index (χ3n) is 5.74. The highest BCUT2D eigenvalue weighted by Gasteiger charge is 2.29. The zero-order valence-electron chi connectivity index (χ0n) is 16.1. The van der Waals surface area contributed by atoms with E-state index in [4.69, 9.17) is 4.52 Å². The quantitative estimate of drug-likeness (QED) is 0.829. The first-order chi connectivity index (χ1) is 13.2. The van der Waals surface area contributed by atoms with E-state index >= 15 is 0 Å². The fourth-order valence-electron chi connectivity index (χ4n) is 4.04. The van der Waals surface area contributed by atoms with Gasteiger partial charge < -0.3 is 9.42 Å². The van der Waals surface area contributed by atoms with Crippen LogP contribution in [0.4, 0.5) is 0 Å². The maximum absolute atomic E-state index is 12.7. The zero-order chi connectivity index (χ0) is 18.6. The monoisotopic (exact) mass is 368 g/mol. The second kappa shape index (κ2) is 8.21. The normalized spacial score (nSPS) is 19.4. The minimum Gasteiger partial charge on any atom is -0.342 e. The summed E-state index contributed by atoms with van der Waals surface area (Å²) in [6.45, 7) is 6.43. The molecule has 2 saturated heterocycles. The Labute approximate surface area is 160 Å². The van der Waals surface area contributed by atoms with Gasteiger partial charge in [0.05, 0.1) is 6.54 Å². The van der Waals surface area contributed by atoms with Crippen LogP contribution >= 0.6 is 0 Å². The number of nitrogens with zero attached hydrogens (tertiary/aromatic N) is 4. The van der Waals surface area contributed by atoms with Crippen molar-refractivity contribution in [2.75, 3.05) is 26.2 Å². The number of aromatic nitrogens is 2. The molecule has 0 atom stereocenters. The predicted octanol–water partition coefficient (Wildman–Crippen LogP) is 3.27. The van der Waals surface area contributed by atoms with Gasteiger partial charge in [0.25, 0.3) is 0 Å². The van der Waals surface area contributed by atoms with E-state index in [2.05, 4.69) is 39.0 Å². The average Bonchev–Trinajstić information content (AvgIpc) is 3.18. The lowest BCUT2D eigenvalue weighted by atomic mass is 9.94. The maximum Gasteiger partial charge on any atom is 0.241 e. The molecule has 2 aliphatic rings. The van der Waals surface area contributed by atoms with Crippen molar-refractivity contribution in [3.05, 3.63) is 35.7 Å². The number of carbonyl (C=O) groups excluding carboxylic acids is 1. The van der Waals surface area contributed by atoms with E-state index in [9.17, 15) is 4.79 Å². The Morgan fingerprint density at radius 3 is 2.48 bits per heavy atom. The first-order valence-electron chi connectivity index (χ1n) is 10.1. The first kappa shape index (κ1) is 18.2. The molecule has 6 nitrogen and oxygen atoms in total. The van der Waals surface area contributed by atoms with Gasteiger partial charge in [0.2, 0.25) is 17.6 Å². The Morgan fingerprint density at radius 1 is 1.07 bits per heavy atom. The second-order valence-electron chi connectivity index (χ2n) is 7.81. The standard InChI is InChI=1S/C21H28N4O2/c1-16-5-7-17(8-6-16)20-22-19(27-23-20)15-24-13-9-18(10-14-24)21(26)25-11-3-2-4-12-25/h5-8,18H,2-4,9-15H2,1H3. The van der Waals surface area contributed by atoms with E-state index < -0.39 is 0 Å². The van der Waals surface area contributed by atoms with Crippen LogP contribution in [0.25, 0.3) is 11.4 Å². The number of likely N-dealkylation sites (tertiary alicyclic amines) is 2. The molecule has 1 amide bonds. The lowest BCUT2D eigenvalue weighted by Gasteiger charge is -2.35. The number of piperidine rings is 2. The highest BCUT2D eigenvalue weighted by molar-refractivity contribution is 5.79. The van der Waals surface area contributed by atoms with Crippen LogP contribution in [-0.4, -0.2) is 52.0 Å². The Morgan fingerprint density at radius 2 is 1.78 bits per heavy atom. The van der Waals surface area contributed by atoms with E-state index in [1.807, 2.05) is 12.1 Å². The van der Waals surface area contributed by atoms with Crippen LogP contribution in [0.3, 0.4) is 0 Å². The van der Waals surface area contributed by atoms with E-state index in [0.717, 1.165) is 57.4 Å². The minimum atomic E-state index is 0.185. The number of hydrogen-bond donors (Lipinski definition) is 0. The smallest absolute Gasteiger partial charge is 0.241 e. The summed E-state index contributed by atoms with van der Waals surface area (Å²) in [5, 5.41) is 4.11. The number of amides is 1. The molecular weight excluding hydrogens is 340 g/mol. The van der Waals surface area contributed by atoms with Crippen molar-refractivity contribution >= 4 is 5.91 Å². The number of carbonyl (C=O) groups is 1. The third-order valence-corrected chi connectivity index (χ3v) is 5.74. The van der Waals surface area contributed by atoms with Gasteiger partial charge in [0.1, 0.15) is 0 Å². The number of rotatable bonds is 4. The van der Waals surface area contributed by atoms with Crippen molar-refractivity contribution in [1.82, 2.24) is 19.9 Å². The molecule has 0 bridgehead atoms. The second-order valence-corrected chi connectivity index (χ2v) is 7.81. The van der Waals surface area contributed by atoms with E-state index in [1.165, 1.54) is 12.0 Å². The van der Waals surface area contributed by atoms with Crippen LogP contribution in [0.15, 0.2) is 28.8 Å². The summed E-state index contributed by atoms with van der Waals surface area (Å²) in [6.07, 6.45) is 5.43. The van der Waals surface area contributed by atoms with Crippen molar-refractivity contribution < 1.29 is 9.32 Å². The molecule has 0 saturated carbocycles. The Bertz CT molecular complexity index is 757. The summed E-state index contributed by atoms with van der Waals surface area (Å²) in [7, 11) is 0. The summed E-state index contributed by atoms with van der Waals surface area (Å²) in [5.41, 5.74) is 2.19. The predicted molar refractivity (Wildman–Crippen MR) is 103 cm³/mol. The molecule has 3 heterocycles. The molecular formula is C21H28N4O2. The third kappa shape index (κ3) is 4.38. The summed E-state index contributed by atoms with van der Waals surface area (Å²) in [5.74, 6) is 1.84. The van der Waals surface area contributed by atoms with Gasteiger partial charge >= 0.3 is 0 Å². The van der Waals surface area contributed by atoms with Crippen molar-refractivity contribution in [2.24, 2.45) is 5.92 Å². The van der Waals surface area contributed by atoms with Gasteiger partial charge in [-0.15, -0.1) is 0 Å². The highest BCUT2D eigenvalue weighted by Crippen LogP contribution is 2.23. The number of hydrogen-bond acceptors (Lipinski definition) is 5. The SMILES string of the molecule is Cc1ccc(-c2noc(CN3CCC(C(=O)N4CCCCC4)CC3)n2)cc1. The molecule has 0 spiro atoms. The van der Waals surface area contributed by atoms with Crippen molar-refractivity contribution in [1.29, 1.82) is 0 Å². The molecule has 1 aromatic carbocycles. The largest absolute Gasteiger partial charge is 0.342 e. The first-order valence-corrected chi connectivity index (χ1v) is 10.1. The lowest BCUT2D eigenvalue weighted by Crippen LogP contribution is -2.44. The van der Waals surface area contributed by atoms with Crippen molar-refractivity contribution in [3.63, 3.8) is 0 Å². The summed E-state index contributed by atoms with van der Waals surface area (Å²) in [6, 6.07) is 8.13. The molecule has 2 aliphatic heterocycles. The van der Waals surface area contributed by atoms with Crippen LogP contribution in [0.2, 0.25) is 0 Å². The van der Waals surface area contributed by atoms with Gasteiger partial charge in [-0.25, -0.2) is 0 Å². The van der Waals surface area contributed by atoms with Crippen molar-refractivity contribution in [2.45, 2.75) is 45.6 Å². The Balaban J connectivity index is 1.29. The average molecular weight is 368 g/mol. The molecule has 27 heavy (non-hydrogen) atoms. The fourth-order valence-corrected chi connectivity index (χ4v) is 4.04. The van der Waals surface area contributed by atoms with Crippen molar-refractivity contribution in [3.8, 4) is 11.4 Å². The van der Waals surface area contributed by atoms with Crippen LogP contribution in [-0.2, 0) is 11.3 Å². The number of aryl methyl sites for hydroxylation is 1. The fraction of sp³-hybridized carbons (Fsp3) is 0.571. The topological polar surface area (TPSA) is 62.5 Å². The van der Waals surface area contributed by atoms with E-state index in [0.29, 0.717) is 24.2 Å².